The van der Waals surface area contributed by atoms with Crippen molar-refractivity contribution >= 4 is 38.9 Å². The fourth-order valence-electron chi connectivity index (χ4n) is 0.667. The third-order valence-corrected chi connectivity index (χ3v) is 1.80. The van der Waals surface area contributed by atoms with E-state index in [0.29, 0.717) is 0 Å². The zero-order valence-electron chi connectivity index (χ0n) is 6.17. The Balaban J connectivity index is 2.53. The number of benzene rings is 1. The average molecular weight is 246 g/mol. The Bertz CT molecular complexity index is 272. The van der Waals surface area contributed by atoms with Crippen LogP contribution in [0.15, 0.2) is 28.7 Å². The van der Waals surface area contributed by atoms with Gasteiger partial charge in [-0.3, -0.25) is 10.9 Å². The van der Waals surface area contributed by atoms with Crippen molar-refractivity contribution in [3.05, 3.63) is 28.7 Å². The number of halogens is 1. The average Bonchev–Trinajstić information content (AvgIpc) is 2.03. The molecular weight excluding hydrogens is 238 g/mol. The van der Waals surface area contributed by atoms with Crippen molar-refractivity contribution < 1.29 is 0 Å². The van der Waals surface area contributed by atoms with Crippen LogP contribution in [0.1, 0.15) is 0 Å². The van der Waals surface area contributed by atoms with Crippen molar-refractivity contribution in [1.29, 1.82) is 0 Å². The van der Waals surface area contributed by atoms with Gasteiger partial charge >= 0.3 is 0 Å². The fraction of sp³-hybridized carbons (Fsp3) is 0. The Morgan fingerprint density at radius 3 is 2.42 bits per heavy atom. The summed E-state index contributed by atoms with van der Waals surface area (Å²) in [6.07, 6.45) is 0. The fourth-order valence-corrected chi connectivity index (χ4v) is 0.982. The lowest BCUT2D eigenvalue weighted by molar-refractivity contribution is 1.13. The SMILES string of the molecule is NC(=S)NNc1ccc(Br)cc1. The van der Waals surface area contributed by atoms with Crippen LogP contribution in [0.25, 0.3) is 0 Å². The maximum absolute atomic E-state index is 5.22. The summed E-state index contributed by atoms with van der Waals surface area (Å²) in [5.41, 5.74) is 11.6. The van der Waals surface area contributed by atoms with Crippen molar-refractivity contribution in [3.63, 3.8) is 0 Å². The number of anilines is 1. The second kappa shape index (κ2) is 4.27. The van der Waals surface area contributed by atoms with Crippen LogP contribution in [0.2, 0.25) is 0 Å². The summed E-state index contributed by atoms with van der Waals surface area (Å²) >= 11 is 7.94. The van der Waals surface area contributed by atoms with Gasteiger partial charge in [0.1, 0.15) is 0 Å². The summed E-state index contributed by atoms with van der Waals surface area (Å²) in [6.45, 7) is 0. The molecule has 0 atom stereocenters. The van der Waals surface area contributed by atoms with Gasteiger partial charge in [-0.1, -0.05) is 15.9 Å². The van der Waals surface area contributed by atoms with E-state index in [1.165, 1.54) is 0 Å². The number of thiocarbonyl (C=S) groups is 1. The van der Waals surface area contributed by atoms with Crippen LogP contribution < -0.4 is 16.6 Å². The third kappa shape index (κ3) is 3.06. The molecule has 1 rings (SSSR count). The summed E-state index contributed by atoms with van der Waals surface area (Å²) in [5, 5.41) is 0.220. The van der Waals surface area contributed by atoms with Gasteiger partial charge in [-0.05, 0) is 36.5 Å². The molecule has 5 heteroatoms. The summed E-state index contributed by atoms with van der Waals surface area (Å²) in [7, 11) is 0. The Labute approximate surface area is 84.4 Å². The number of nitrogens with two attached hydrogens (primary N) is 1. The van der Waals surface area contributed by atoms with Crippen LogP contribution in [0.4, 0.5) is 5.69 Å². The molecular formula is C7H8BrN3S. The highest BCUT2D eigenvalue weighted by Crippen LogP contribution is 2.12. The van der Waals surface area contributed by atoms with Gasteiger partial charge in [0.05, 0.1) is 5.69 Å². The van der Waals surface area contributed by atoms with Crippen molar-refractivity contribution in [1.82, 2.24) is 5.43 Å². The minimum atomic E-state index is 0.220. The number of hydrogen-bond acceptors (Lipinski definition) is 2. The molecule has 0 amide bonds. The molecule has 0 saturated carbocycles. The lowest BCUT2D eigenvalue weighted by Crippen LogP contribution is -2.33. The normalized spacial score (nSPS) is 9.08. The molecule has 4 N–H and O–H groups in total. The van der Waals surface area contributed by atoms with Crippen LogP contribution in [-0.2, 0) is 0 Å². The highest BCUT2D eigenvalue weighted by Gasteiger charge is 1.90. The lowest BCUT2D eigenvalue weighted by atomic mass is 10.3. The Morgan fingerprint density at radius 1 is 1.33 bits per heavy atom. The van der Waals surface area contributed by atoms with Crippen LogP contribution in [0.5, 0.6) is 0 Å². The van der Waals surface area contributed by atoms with Gasteiger partial charge in [-0.25, -0.2) is 0 Å². The van der Waals surface area contributed by atoms with Crippen molar-refractivity contribution in [2.75, 3.05) is 5.43 Å². The molecule has 12 heavy (non-hydrogen) atoms. The van der Waals surface area contributed by atoms with E-state index >= 15 is 0 Å². The number of rotatable bonds is 2. The number of nitrogens with one attached hydrogen (secondary N) is 2. The maximum Gasteiger partial charge on any atom is 0.182 e. The second-order valence-electron chi connectivity index (χ2n) is 2.12. The largest absolute Gasteiger partial charge is 0.375 e. The van der Waals surface area contributed by atoms with E-state index < -0.39 is 0 Å². The van der Waals surface area contributed by atoms with E-state index in [4.69, 9.17) is 5.73 Å². The van der Waals surface area contributed by atoms with Gasteiger partial charge < -0.3 is 5.73 Å². The molecule has 0 aliphatic rings. The van der Waals surface area contributed by atoms with Gasteiger partial charge in [0.25, 0.3) is 0 Å². The quantitative estimate of drug-likeness (QED) is 0.548. The van der Waals surface area contributed by atoms with Crippen LogP contribution in [0, 0.1) is 0 Å². The van der Waals surface area contributed by atoms with Crippen LogP contribution in [0.3, 0.4) is 0 Å². The van der Waals surface area contributed by atoms with Gasteiger partial charge in [0.15, 0.2) is 5.11 Å². The van der Waals surface area contributed by atoms with Crippen molar-refractivity contribution in [3.8, 4) is 0 Å². The smallest absolute Gasteiger partial charge is 0.182 e. The first-order chi connectivity index (χ1) is 5.68. The minimum absolute atomic E-state index is 0.220. The minimum Gasteiger partial charge on any atom is -0.375 e. The van der Waals surface area contributed by atoms with E-state index in [-0.39, 0.29) is 5.11 Å². The van der Waals surface area contributed by atoms with Crippen molar-refractivity contribution in [2.45, 2.75) is 0 Å². The maximum atomic E-state index is 5.22. The monoisotopic (exact) mass is 245 g/mol. The lowest BCUT2D eigenvalue weighted by Gasteiger charge is -2.06. The van der Waals surface area contributed by atoms with E-state index in [9.17, 15) is 0 Å². The summed E-state index contributed by atoms with van der Waals surface area (Å²) < 4.78 is 1.03. The first kappa shape index (κ1) is 9.28. The Hall–Kier alpha value is -0.810. The zero-order chi connectivity index (χ0) is 8.97. The molecule has 0 saturated heterocycles. The van der Waals surface area contributed by atoms with Gasteiger partial charge in [0, 0.05) is 4.47 Å². The van der Waals surface area contributed by atoms with Gasteiger partial charge in [0.2, 0.25) is 0 Å². The number of hydrazine groups is 1. The Kier molecular flexibility index (Phi) is 3.31. The van der Waals surface area contributed by atoms with E-state index in [1.807, 2.05) is 24.3 Å². The standard InChI is InChI=1S/C7H8BrN3S/c8-5-1-3-6(4-2-5)10-11-7(9)12/h1-4,10H,(H3,9,11,12). The summed E-state index contributed by atoms with van der Waals surface area (Å²) in [6, 6.07) is 7.64. The second-order valence-corrected chi connectivity index (χ2v) is 3.48. The molecule has 0 fully saturated rings. The highest BCUT2D eigenvalue weighted by atomic mass is 79.9. The summed E-state index contributed by atoms with van der Waals surface area (Å²) in [4.78, 5) is 0. The molecule has 0 aromatic heterocycles. The molecule has 0 spiro atoms. The zero-order valence-corrected chi connectivity index (χ0v) is 8.58. The summed E-state index contributed by atoms with van der Waals surface area (Å²) in [5.74, 6) is 0. The molecule has 1 aromatic carbocycles. The van der Waals surface area contributed by atoms with Gasteiger partial charge in [-0.15, -0.1) is 0 Å². The van der Waals surface area contributed by atoms with E-state index in [2.05, 4.69) is 39.0 Å². The molecule has 64 valence electrons. The van der Waals surface area contributed by atoms with Crippen LogP contribution in [-0.4, -0.2) is 5.11 Å². The van der Waals surface area contributed by atoms with Crippen LogP contribution >= 0.6 is 28.1 Å². The molecule has 1 aromatic rings. The predicted molar refractivity (Wildman–Crippen MR) is 57.7 cm³/mol. The topological polar surface area (TPSA) is 50.1 Å². The molecule has 0 aliphatic heterocycles. The molecule has 0 aliphatic carbocycles. The number of hydrogen-bond donors (Lipinski definition) is 3. The first-order valence-electron chi connectivity index (χ1n) is 3.25. The predicted octanol–water partition coefficient (Wildman–Crippen LogP) is 1.61. The molecule has 0 heterocycles. The molecule has 0 radical (unpaired) electrons. The van der Waals surface area contributed by atoms with Crippen molar-refractivity contribution in [2.24, 2.45) is 5.73 Å². The Morgan fingerprint density at radius 2 is 1.92 bits per heavy atom. The van der Waals surface area contributed by atoms with E-state index in [1.54, 1.807) is 0 Å². The molecule has 0 unspecified atom stereocenters. The van der Waals surface area contributed by atoms with Gasteiger partial charge in [-0.2, -0.15) is 0 Å². The first-order valence-corrected chi connectivity index (χ1v) is 4.45. The highest BCUT2D eigenvalue weighted by molar-refractivity contribution is 9.10. The van der Waals surface area contributed by atoms with E-state index in [0.717, 1.165) is 10.2 Å². The molecule has 3 nitrogen and oxygen atoms in total. The third-order valence-electron chi connectivity index (χ3n) is 1.17. The molecule has 0 bridgehead atoms.